The van der Waals surface area contributed by atoms with Crippen LogP contribution in [-0.2, 0) is 0 Å². The molecule has 0 aliphatic heterocycles. The largest absolute Gasteiger partial charge is 0.384 e. The van der Waals surface area contributed by atoms with Crippen molar-refractivity contribution in [3.05, 3.63) is 55.3 Å². The molecule has 0 bridgehead atoms. The summed E-state index contributed by atoms with van der Waals surface area (Å²) in [5.41, 5.74) is 7.10. The second kappa shape index (κ2) is 5.00. The minimum Gasteiger partial charge on any atom is -0.384 e. The van der Waals surface area contributed by atoms with Crippen LogP contribution in [0.5, 0.6) is 0 Å². The lowest BCUT2D eigenvalue weighted by Crippen LogP contribution is -2.15. The fourth-order valence-electron chi connectivity index (χ4n) is 1.26. The van der Waals surface area contributed by atoms with E-state index < -0.39 is 0 Å². The summed E-state index contributed by atoms with van der Waals surface area (Å²) in [6.07, 6.45) is 3.55. The van der Waals surface area contributed by atoms with Crippen LogP contribution in [0.2, 0.25) is 0 Å². The number of nitrogen functional groups attached to an aromatic ring is 1. The Bertz CT molecular complexity index is 365. The van der Waals surface area contributed by atoms with E-state index in [0.717, 1.165) is 11.3 Å². The van der Waals surface area contributed by atoms with Gasteiger partial charge in [-0.15, -0.1) is 6.58 Å². The maximum atomic E-state index is 7.27. The van der Waals surface area contributed by atoms with Gasteiger partial charge >= 0.3 is 0 Å². The first-order valence-corrected chi connectivity index (χ1v) is 4.63. The Morgan fingerprint density at radius 1 is 1.33 bits per heavy atom. The molecule has 0 unspecified atom stereocenters. The van der Waals surface area contributed by atoms with E-state index in [0.29, 0.717) is 6.54 Å². The Labute approximate surface area is 90.0 Å². The van der Waals surface area contributed by atoms with Crippen LogP contribution < -0.4 is 10.6 Å². The molecular formula is C12H15N3. The highest BCUT2D eigenvalue weighted by Gasteiger charge is 2.01. The molecule has 0 aromatic heterocycles. The Balaban J connectivity index is 2.91. The summed E-state index contributed by atoms with van der Waals surface area (Å²) in [6, 6.07) is 7.44. The summed E-state index contributed by atoms with van der Waals surface area (Å²) in [4.78, 5) is 1.96. The Morgan fingerprint density at radius 2 is 1.93 bits per heavy atom. The van der Waals surface area contributed by atoms with Gasteiger partial charge in [-0.2, -0.15) is 0 Å². The van der Waals surface area contributed by atoms with Gasteiger partial charge in [-0.1, -0.05) is 12.7 Å². The zero-order valence-corrected chi connectivity index (χ0v) is 8.61. The number of hydrogen-bond donors (Lipinski definition) is 2. The Morgan fingerprint density at radius 3 is 2.33 bits per heavy atom. The van der Waals surface area contributed by atoms with Crippen molar-refractivity contribution in [2.45, 2.75) is 0 Å². The minimum atomic E-state index is 0.0791. The summed E-state index contributed by atoms with van der Waals surface area (Å²) >= 11 is 0. The Kier molecular flexibility index (Phi) is 3.68. The van der Waals surface area contributed by atoms with Crippen LogP contribution >= 0.6 is 0 Å². The van der Waals surface area contributed by atoms with Crippen LogP contribution in [0.3, 0.4) is 0 Å². The molecule has 0 amide bonds. The molecule has 3 heteroatoms. The third-order valence-corrected chi connectivity index (χ3v) is 2.06. The van der Waals surface area contributed by atoms with Crippen molar-refractivity contribution in [3.8, 4) is 0 Å². The van der Waals surface area contributed by atoms with Gasteiger partial charge in [0.2, 0.25) is 0 Å². The highest BCUT2D eigenvalue weighted by molar-refractivity contribution is 5.95. The topological polar surface area (TPSA) is 53.1 Å². The molecule has 1 aromatic carbocycles. The van der Waals surface area contributed by atoms with E-state index in [1.54, 1.807) is 12.3 Å². The Hall–Kier alpha value is -2.03. The molecule has 3 nitrogen and oxygen atoms in total. The number of amidine groups is 1. The summed E-state index contributed by atoms with van der Waals surface area (Å²) in [5.74, 6) is 0.0791. The van der Waals surface area contributed by atoms with Gasteiger partial charge in [0.15, 0.2) is 0 Å². The van der Waals surface area contributed by atoms with Crippen LogP contribution in [0.4, 0.5) is 5.69 Å². The predicted octanol–water partition coefficient (Wildman–Crippen LogP) is 2.11. The van der Waals surface area contributed by atoms with Crippen LogP contribution in [0.1, 0.15) is 5.56 Å². The minimum absolute atomic E-state index is 0.0791. The summed E-state index contributed by atoms with van der Waals surface area (Å²) in [6.45, 7) is 8.11. The fourth-order valence-corrected chi connectivity index (χ4v) is 1.26. The standard InChI is InChI=1S/C12H15N3/c1-3-9-15(4-2)11-7-5-10(6-8-11)12(13)14/h3-8H,1-2,9H2,(H3,13,14). The molecule has 0 fully saturated rings. The molecule has 0 radical (unpaired) electrons. The zero-order chi connectivity index (χ0) is 11.3. The summed E-state index contributed by atoms with van der Waals surface area (Å²) in [5, 5.41) is 7.27. The second-order valence-corrected chi connectivity index (χ2v) is 3.08. The molecule has 0 saturated carbocycles. The fraction of sp³-hybridized carbons (Fsp3) is 0.0833. The van der Waals surface area contributed by atoms with Gasteiger partial charge in [0, 0.05) is 17.8 Å². The number of rotatable bonds is 5. The van der Waals surface area contributed by atoms with Gasteiger partial charge in [0.25, 0.3) is 0 Å². The zero-order valence-electron chi connectivity index (χ0n) is 8.61. The lowest BCUT2D eigenvalue weighted by molar-refractivity contribution is 1.09. The molecule has 0 heterocycles. The number of nitrogens with two attached hydrogens (primary N) is 1. The quantitative estimate of drug-likeness (QED) is 0.435. The number of nitrogens with one attached hydrogen (secondary N) is 1. The SMILES string of the molecule is C=CCN(C=C)c1ccc(C(=N)N)cc1. The highest BCUT2D eigenvalue weighted by atomic mass is 15.1. The maximum absolute atomic E-state index is 7.27. The van der Waals surface area contributed by atoms with E-state index in [1.807, 2.05) is 29.2 Å². The number of anilines is 1. The van der Waals surface area contributed by atoms with E-state index in [-0.39, 0.29) is 5.84 Å². The molecule has 0 atom stereocenters. The normalized spacial score (nSPS) is 9.33. The molecule has 0 saturated heterocycles. The lowest BCUT2D eigenvalue weighted by Gasteiger charge is -2.18. The van der Waals surface area contributed by atoms with Crippen molar-refractivity contribution in [1.82, 2.24) is 0 Å². The average Bonchev–Trinajstić information content (AvgIpc) is 2.26. The molecule has 3 N–H and O–H groups in total. The smallest absolute Gasteiger partial charge is 0.122 e. The van der Waals surface area contributed by atoms with Crippen molar-refractivity contribution in [2.24, 2.45) is 5.73 Å². The molecule has 15 heavy (non-hydrogen) atoms. The molecule has 0 spiro atoms. The van der Waals surface area contributed by atoms with E-state index in [9.17, 15) is 0 Å². The van der Waals surface area contributed by atoms with Crippen LogP contribution in [0, 0.1) is 5.41 Å². The molecule has 78 valence electrons. The molecule has 0 aliphatic carbocycles. The maximum Gasteiger partial charge on any atom is 0.122 e. The van der Waals surface area contributed by atoms with Gasteiger partial charge in [-0.3, -0.25) is 5.41 Å². The first-order chi connectivity index (χ1) is 7.19. The van der Waals surface area contributed by atoms with Crippen molar-refractivity contribution in [2.75, 3.05) is 11.4 Å². The van der Waals surface area contributed by atoms with Gasteiger partial charge in [-0.05, 0) is 30.5 Å². The van der Waals surface area contributed by atoms with Gasteiger partial charge in [0.1, 0.15) is 5.84 Å². The molecular weight excluding hydrogens is 186 g/mol. The number of hydrogen-bond acceptors (Lipinski definition) is 2. The third kappa shape index (κ3) is 2.71. The van der Waals surface area contributed by atoms with Crippen molar-refractivity contribution in [1.29, 1.82) is 5.41 Å². The second-order valence-electron chi connectivity index (χ2n) is 3.08. The third-order valence-electron chi connectivity index (χ3n) is 2.06. The predicted molar refractivity (Wildman–Crippen MR) is 65.2 cm³/mol. The monoisotopic (exact) mass is 201 g/mol. The van der Waals surface area contributed by atoms with Crippen LogP contribution in [-0.4, -0.2) is 12.4 Å². The number of benzene rings is 1. The van der Waals surface area contributed by atoms with Gasteiger partial charge < -0.3 is 10.6 Å². The summed E-state index contributed by atoms with van der Waals surface area (Å²) in [7, 11) is 0. The first-order valence-electron chi connectivity index (χ1n) is 4.63. The van der Waals surface area contributed by atoms with Gasteiger partial charge in [0.05, 0.1) is 0 Å². The van der Waals surface area contributed by atoms with Gasteiger partial charge in [-0.25, -0.2) is 0 Å². The van der Waals surface area contributed by atoms with E-state index in [1.165, 1.54) is 0 Å². The molecule has 1 aromatic rings. The van der Waals surface area contributed by atoms with Crippen LogP contribution in [0.25, 0.3) is 0 Å². The first kappa shape index (κ1) is 11.0. The van der Waals surface area contributed by atoms with Crippen molar-refractivity contribution < 1.29 is 0 Å². The number of nitrogens with zero attached hydrogens (tertiary/aromatic N) is 1. The van der Waals surface area contributed by atoms with E-state index in [2.05, 4.69) is 13.2 Å². The molecule has 0 aliphatic rings. The van der Waals surface area contributed by atoms with Crippen molar-refractivity contribution in [3.63, 3.8) is 0 Å². The van der Waals surface area contributed by atoms with Crippen molar-refractivity contribution >= 4 is 11.5 Å². The molecule has 1 rings (SSSR count). The van der Waals surface area contributed by atoms with Crippen LogP contribution in [0.15, 0.2) is 49.7 Å². The van der Waals surface area contributed by atoms with E-state index >= 15 is 0 Å². The van der Waals surface area contributed by atoms with E-state index in [4.69, 9.17) is 11.1 Å². The average molecular weight is 201 g/mol. The highest BCUT2D eigenvalue weighted by Crippen LogP contribution is 2.15. The summed E-state index contributed by atoms with van der Waals surface area (Å²) < 4.78 is 0. The lowest BCUT2D eigenvalue weighted by atomic mass is 10.2.